The summed E-state index contributed by atoms with van der Waals surface area (Å²) in [5.41, 5.74) is 3.16. The molecule has 0 saturated heterocycles. The van der Waals surface area contributed by atoms with Crippen molar-refractivity contribution in [1.82, 2.24) is 5.43 Å². The molecule has 4 aromatic rings. The summed E-state index contributed by atoms with van der Waals surface area (Å²) in [6.45, 7) is -0.472. The molecule has 0 heterocycles. The maximum absolute atomic E-state index is 13.2. The molecule has 2 N–H and O–H groups in total. The number of hydrogen-bond acceptors (Lipinski definition) is 5. The van der Waals surface area contributed by atoms with E-state index in [1.54, 1.807) is 60.7 Å². The van der Waals surface area contributed by atoms with Crippen LogP contribution in [-0.4, -0.2) is 32.2 Å². The number of para-hydroxylation sites is 1. The number of benzene rings is 4. The lowest BCUT2D eigenvalue weighted by Crippen LogP contribution is -2.39. The van der Waals surface area contributed by atoms with Gasteiger partial charge in [0.2, 0.25) is 0 Å². The van der Waals surface area contributed by atoms with Gasteiger partial charge in [0.25, 0.3) is 15.9 Å². The summed E-state index contributed by atoms with van der Waals surface area (Å²) in [5, 5.41) is 15.8. The number of nitrogens with one attached hydrogen (secondary N) is 1. The second-order valence-electron chi connectivity index (χ2n) is 7.17. The molecule has 0 aliphatic heterocycles. The fourth-order valence-electron chi connectivity index (χ4n) is 3.38. The lowest BCUT2D eigenvalue weighted by molar-refractivity contribution is -0.119. The number of phenolic OH excluding ortho intramolecular Hbond substituents is 1. The first-order valence-electron chi connectivity index (χ1n) is 10.1. The highest BCUT2D eigenvalue weighted by Crippen LogP contribution is 2.25. The average molecular weight is 460 g/mol. The van der Waals surface area contributed by atoms with Crippen LogP contribution in [0.1, 0.15) is 5.56 Å². The number of fused-ring (bicyclic) bond motifs is 1. The fourth-order valence-corrected chi connectivity index (χ4v) is 4.83. The molecule has 0 atom stereocenters. The first kappa shape index (κ1) is 22.0. The van der Waals surface area contributed by atoms with Crippen molar-refractivity contribution in [3.63, 3.8) is 0 Å². The molecule has 33 heavy (non-hydrogen) atoms. The first-order valence-corrected chi connectivity index (χ1v) is 11.6. The molecular formula is C25H21N3O4S. The van der Waals surface area contributed by atoms with Gasteiger partial charge in [-0.15, -0.1) is 0 Å². The van der Waals surface area contributed by atoms with Gasteiger partial charge in [0.1, 0.15) is 12.3 Å². The van der Waals surface area contributed by atoms with Gasteiger partial charge in [-0.3, -0.25) is 9.10 Å². The van der Waals surface area contributed by atoms with E-state index in [0.29, 0.717) is 11.3 Å². The highest BCUT2D eigenvalue weighted by molar-refractivity contribution is 7.92. The molecule has 4 rings (SSSR count). The maximum Gasteiger partial charge on any atom is 0.264 e. The van der Waals surface area contributed by atoms with Crippen molar-refractivity contribution in [2.75, 3.05) is 10.8 Å². The van der Waals surface area contributed by atoms with E-state index in [9.17, 15) is 18.3 Å². The average Bonchev–Trinajstić information content (AvgIpc) is 2.85. The smallest absolute Gasteiger partial charge is 0.264 e. The zero-order chi connectivity index (χ0) is 23.3. The number of carbonyl (C=O) groups excluding carboxylic acids is 1. The summed E-state index contributed by atoms with van der Waals surface area (Å²) in [6.07, 6.45) is 1.34. The number of aromatic hydroxyl groups is 1. The maximum atomic E-state index is 13.2. The number of rotatable bonds is 7. The lowest BCUT2D eigenvalue weighted by Gasteiger charge is -2.23. The largest absolute Gasteiger partial charge is 0.507 e. The molecule has 0 aliphatic carbocycles. The van der Waals surface area contributed by atoms with Crippen LogP contribution < -0.4 is 9.73 Å². The van der Waals surface area contributed by atoms with Crippen molar-refractivity contribution >= 4 is 38.6 Å². The van der Waals surface area contributed by atoms with Crippen molar-refractivity contribution in [2.24, 2.45) is 5.10 Å². The molecule has 0 aromatic heterocycles. The van der Waals surface area contributed by atoms with Crippen molar-refractivity contribution in [3.05, 3.63) is 103 Å². The standard InChI is InChI=1S/C25H21N3O4S/c29-24-16-15-19-9-7-8-14-22(19)23(24)17-26-27-25(30)18-28(20-10-3-1-4-11-20)33(31,32)21-12-5-2-6-13-21/h1-17,29H,18H2,(H,27,30)/b26-17-. The highest BCUT2D eigenvalue weighted by atomic mass is 32.2. The van der Waals surface area contributed by atoms with Gasteiger partial charge in [-0.05, 0) is 41.1 Å². The SMILES string of the molecule is O=C(CN(c1ccccc1)S(=O)(=O)c1ccccc1)N/N=C\c1c(O)ccc2ccccc12. The summed E-state index contributed by atoms with van der Waals surface area (Å²) in [4.78, 5) is 12.7. The molecular weight excluding hydrogens is 438 g/mol. The van der Waals surface area contributed by atoms with Crippen molar-refractivity contribution in [2.45, 2.75) is 4.90 Å². The third-order valence-electron chi connectivity index (χ3n) is 4.99. The van der Waals surface area contributed by atoms with Crippen LogP contribution in [0.15, 0.2) is 107 Å². The molecule has 0 fully saturated rings. The van der Waals surface area contributed by atoms with Crippen LogP contribution in [-0.2, 0) is 14.8 Å². The second kappa shape index (κ2) is 9.54. The van der Waals surface area contributed by atoms with Crippen LogP contribution in [0.2, 0.25) is 0 Å². The van der Waals surface area contributed by atoms with Crippen molar-refractivity contribution < 1.29 is 18.3 Å². The highest BCUT2D eigenvalue weighted by Gasteiger charge is 2.26. The zero-order valence-electron chi connectivity index (χ0n) is 17.5. The minimum absolute atomic E-state index is 0.0178. The molecule has 7 nitrogen and oxygen atoms in total. The number of phenols is 1. The van der Waals surface area contributed by atoms with E-state index in [1.807, 2.05) is 24.3 Å². The summed E-state index contributed by atoms with van der Waals surface area (Å²) < 4.78 is 27.5. The Bertz CT molecular complexity index is 1410. The van der Waals surface area contributed by atoms with Gasteiger partial charge >= 0.3 is 0 Å². The van der Waals surface area contributed by atoms with Gasteiger partial charge in [0.15, 0.2) is 0 Å². The number of anilines is 1. The molecule has 0 unspecified atom stereocenters. The Hall–Kier alpha value is -4.17. The molecule has 0 aliphatic rings. The van der Waals surface area contributed by atoms with Gasteiger partial charge in [-0.25, -0.2) is 13.8 Å². The molecule has 4 aromatic carbocycles. The van der Waals surface area contributed by atoms with E-state index in [4.69, 9.17) is 0 Å². The zero-order valence-corrected chi connectivity index (χ0v) is 18.3. The number of amides is 1. The number of carbonyl (C=O) groups is 1. The van der Waals surface area contributed by atoms with E-state index < -0.39 is 22.5 Å². The molecule has 8 heteroatoms. The summed E-state index contributed by atoms with van der Waals surface area (Å²) in [6, 6.07) is 27.1. The van der Waals surface area contributed by atoms with Crippen LogP contribution in [0.3, 0.4) is 0 Å². The Balaban J connectivity index is 1.57. The summed E-state index contributed by atoms with van der Waals surface area (Å²) in [5.74, 6) is -0.612. The molecule has 0 bridgehead atoms. The van der Waals surface area contributed by atoms with E-state index in [0.717, 1.165) is 15.1 Å². The van der Waals surface area contributed by atoms with E-state index in [1.165, 1.54) is 18.3 Å². The van der Waals surface area contributed by atoms with Crippen LogP contribution >= 0.6 is 0 Å². The van der Waals surface area contributed by atoms with Crippen LogP contribution in [0, 0.1) is 0 Å². The lowest BCUT2D eigenvalue weighted by atomic mass is 10.0. The number of hydrogen-bond donors (Lipinski definition) is 2. The monoisotopic (exact) mass is 459 g/mol. The molecule has 0 saturated carbocycles. The van der Waals surface area contributed by atoms with Gasteiger partial charge in [0.05, 0.1) is 16.8 Å². The normalized spacial score (nSPS) is 11.5. The fraction of sp³-hybridized carbons (Fsp3) is 0.0400. The van der Waals surface area contributed by atoms with Crippen molar-refractivity contribution in [1.29, 1.82) is 0 Å². The number of nitrogens with zero attached hydrogens (tertiary/aromatic N) is 2. The third-order valence-corrected chi connectivity index (χ3v) is 6.78. The van der Waals surface area contributed by atoms with Crippen molar-refractivity contribution in [3.8, 4) is 5.75 Å². The van der Waals surface area contributed by atoms with Crippen LogP contribution in [0.5, 0.6) is 5.75 Å². The van der Waals surface area contributed by atoms with Gasteiger partial charge in [-0.2, -0.15) is 5.10 Å². The van der Waals surface area contributed by atoms with Gasteiger partial charge in [-0.1, -0.05) is 66.7 Å². The Morgan fingerprint density at radius 2 is 1.52 bits per heavy atom. The Morgan fingerprint density at radius 3 is 2.24 bits per heavy atom. The van der Waals surface area contributed by atoms with E-state index in [2.05, 4.69) is 10.5 Å². The van der Waals surface area contributed by atoms with Crippen LogP contribution in [0.25, 0.3) is 10.8 Å². The van der Waals surface area contributed by atoms with E-state index in [-0.39, 0.29) is 10.6 Å². The first-order chi connectivity index (χ1) is 16.0. The van der Waals surface area contributed by atoms with Crippen LogP contribution in [0.4, 0.5) is 5.69 Å². The molecule has 1 amide bonds. The Kier molecular flexibility index (Phi) is 6.37. The third kappa shape index (κ3) is 4.86. The number of hydrazone groups is 1. The number of sulfonamides is 1. The molecule has 166 valence electrons. The minimum Gasteiger partial charge on any atom is -0.507 e. The molecule has 0 spiro atoms. The minimum atomic E-state index is -3.98. The second-order valence-corrected chi connectivity index (χ2v) is 9.04. The quantitative estimate of drug-likeness (QED) is 0.324. The topological polar surface area (TPSA) is 99.1 Å². The predicted octanol–water partition coefficient (Wildman–Crippen LogP) is 3.89. The predicted molar refractivity (Wildman–Crippen MR) is 129 cm³/mol. The molecule has 0 radical (unpaired) electrons. The van der Waals surface area contributed by atoms with Gasteiger partial charge < -0.3 is 5.11 Å². The Morgan fingerprint density at radius 1 is 0.879 bits per heavy atom. The Labute approximate surface area is 191 Å². The van der Waals surface area contributed by atoms with Gasteiger partial charge in [0, 0.05) is 5.56 Å². The van der Waals surface area contributed by atoms with E-state index >= 15 is 0 Å². The summed E-state index contributed by atoms with van der Waals surface area (Å²) in [7, 11) is -3.98. The summed E-state index contributed by atoms with van der Waals surface area (Å²) >= 11 is 0.